The van der Waals surface area contributed by atoms with Crippen LogP contribution in [0.4, 0.5) is 14.6 Å². The van der Waals surface area contributed by atoms with Crippen LogP contribution in [0.5, 0.6) is 0 Å². The Bertz CT molecular complexity index is 1060. The first-order chi connectivity index (χ1) is 16.9. The fraction of sp³-hybridized carbons (Fsp3) is 0.593. The number of rotatable bonds is 10. The molecule has 2 atom stereocenters. The van der Waals surface area contributed by atoms with Crippen LogP contribution in [0.2, 0.25) is 0 Å². The summed E-state index contributed by atoms with van der Waals surface area (Å²) in [6.07, 6.45) is 7.01. The number of hydrogen-bond acceptors (Lipinski definition) is 5. The van der Waals surface area contributed by atoms with E-state index < -0.39 is 17.9 Å². The quantitative estimate of drug-likeness (QED) is 0.482. The first kappa shape index (κ1) is 24.1. The maximum Gasteiger partial charge on any atom is 0.325 e. The number of fused-ring (bicyclic) bond motifs is 1. The zero-order chi connectivity index (χ0) is 24.4. The molecule has 1 unspecified atom stereocenters. The highest BCUT2D eigenvalue weighted by Gasteiger charge is 2.41. The SMILES string of the molecule is O=C(O)C(c1cccnc1C1CC1)N1CC[C@@H](CC(F)(F)CCCc2ccc3c(n2)NCCC3)C1. The Morgan fingerprint density at radius 2 is 2.11 bits per heavy atom. The number of pyridine rings is 2. The summed E-state index contributed by atoms with van der Waals surface area (Å²) < 4.78 is 29.7. The van der Waals surface area contributed by atoms with Crippen molar-refractivity contribution in [3.8, 4) is 0 Å². The van der Waals surface area contributed by atoms with Gasteiger partial charge in [0.15, 0.2) is 0 Å². The van der Waals surface area contributed by atoms with Crippen LogP contribution in [0.3, 0.4) is 0 Å². The number of likely N-dealkylation sites (tertiary alicyclic amines) is 1. The van der Waals surface area contributed by atoms with Crippen molar-refractivity contribution in [3.63, 3.8) is 0 Å². The van der Waals surface area contributed by atoms with Gasteiger partial charge < -0.3 is 10.4 Å². The molecule has 8 heteroatoms. The number of aromatic nitrogens is 2. The van der Waals surface area contributed by atoms with Gasteiger partial charge >= 0.3 is 5.97 Å². The lowest BCUT2D eigenvalue weighted by Crippen LogP contribution is -2.34. The van der Waals surface area contributed by atoms with Crippen LogP contribution in [-0.4, -0.2) is 51.5 Å². The van der Waals surface area contributed by atoms with Crippen molar-refractivity contribution >= 4 is 11.8 Å². The van der Waals surface area contributed by atoms with E-state index in [0.717, 1.165) is 55.0 Å². The van der Waals surface area contributed by atoms with Gasteiger partial charge in [0.05, 0.1) is 0 Å². The average Bonchev–Trinajstić information content (AvgIpc) is 3.59. The number of carboxylic acid groups (broad SMARTS) is 1. The third kappa shape index (κ3) is 5.80. The average molecular weight is 485 g/mol. The molecule has 1 saturated heterocycles. The van der Waals surface area contributed by atoms with Gasteiger partial charge in [-0.05, 0) is 75.1 Å². The van der Waals surface area contributed by atoms with Gasteiger partial charge in [-0.3, -0.25) is 14.7 Å². The number of hydrogen-bond donors (Lipinski definition) is 2. The van der Waals surface area contributed by atoms with E-state index in [4.69, 9.17) is 0 Å². The van der Waals surface area contributed by atoms with Gasteiger partial charge in [0.1, 0.15) is 11.9 Å². The lowest BCUT2D eigenvalue weighted by molar-refractivity contribution is -0.143. The predicted octanol–water partition coefficient (Wildman–Crippen LogP) is 5.21. The Morgan fingerprint density at radius 1 is 1.26 bits per heavy atom. The molecule has 2 aromatic rings. The van der Waals surface area contributed by atoms with E-state index >= 15 is 0 Å². The number of nitrogens with one attached hydrogen (secondary N) is 1. The Hall–Kier alpha value is -2.61. The molecule has 3 aliphatic rings. The molecule has 2 fully saturated rings. The normalized spacial score (nSPS) is 21.4. The maximum atomic E-state index is 14.9. The summed E-state index contributed by atoms with van der Waals surface area (Å²) in [6.45, 7) is 1.80. The van der Waals surface area contributed by atoms with Gasteiger partial charge in [0.2, 0.25) is 5.92 Å². The number of anilines is 1. The van der Waals surface area contributed by atoms with E-state index in [1.807, 2.05) is 17.0 Å². The van der Waals surface area contributed by atoms with Gasteiger partial charge in [-0.25, -0.2) is 13.8 Å². The Kier molecular flexibility index (Phi) is 7.00. The summed E-state index contributed by atoms with van der Waals surface area (Å²) in [5.41, 5.74) is 3.64. The number of aryl methyl sites for hydroxylation is 2. The molecule has 1 aliphatic carbocycles. The minimum Gasteiger partial charge on any atom is -0.480 e. The van der Waals surface area contributed by atoms with Crippen molar-refractivity contribution in [2.75, 3.05) is 25.0 Å². The van der Waals surface area contributed by atoms with Crippen molar-refractivity contribution in [2.45, 2.75) is 75.7 Å². The second-order valence-corrected chi connectivity index (χ2v) is 10.4. The summed E-state index contributed by atoms with van der Waals surface area (Å²) in [7, 11) is 0. The lowest BCUT2D eigenvalue weighted by atomic mass is 9.96. The first-order valence-electron chi connectivity index (χ1n) is 12.9. The standard InChI is InChI=1S/C27H34F2N4O2/c28-27(29,12-1-5-21-10-9-20-4-2-14-31-25(20)32-21)16-18-11-15-33(17-18)24(26(34)35)22-6-3-13-30-23(22)19-7-8-19/h3,6,9-10,13,18-19,24H,1-2,4-5,7-8,11-12,14-17H2,(H,31,32)(H,34,35)/t18-,24?/m0/s1. The molecule has 2 aliphatic heterocycles. The summed E-state index contributed by atoms with van der Waals surface area (Å²) >= 11 is 0. The van der Waals surface area contributed by atoms with Gasteiger partial charge in [0, 0.05) is 55.0 Å². The molecule has 1 saturated carbocycles. The summed E-state index contributed by atoms with van der Waals surface area (Å²) in [6, 6.07) is 6.81. The molecular weight excluding hydrogens is 450 g/mol. The smallest absolute Gasteiger partial charge is 0.325 e. The minimum absolute atomic E-state index is 0.174. The molecule has 5 rings (SSSR count). The first-order valence-corrected chi connectivity index (χ1v) is 12.9. The van der Waals surface area contributed by atoms with Crippen LogP contribution < -0.4 is 5.32 Å². The summed E-state index contributed by atoms with van der Waals surface area (Å²) in [4.78, 5) is 23.1. The number of carboxylic acids is 1. The highest BCUT2D eigenvalue weighted by atomic mass is 19.3. The molecular formula is C27H34F2N4O2. The van der Waals surface area contributed by atoms with Crippen LogP contribution in [0.25, 0.3) is 0 Å². The van der Waals surface area contributed by atoms with E-state index in [2.05, 4.69) is 21.4 Å². The lowest BCUT2D eigenvalue weighted by Gasteiger charge is -2.27. The topological polar surface area (TPSA) is 78.3 Å². The van der Waals surface area contributed by atoms with Crippen molar-refractivity contribution in [2.24, 2.45) is 5.92 Å². The number of aliphatic carboxylic acids is 1. The Labute approximate surface area is 205 Å². The van der Waals surface area contributed by atoms with Crippen molar-refractivity contribution < 1.29 is 18.7 Å². The molecule has 0 amide bonds. The second kappa shape index (κ2) is 10.2. The van der Waals surface area contributed by atoms with E-state index in [1.54, 1.807) is 12.3 Å². The van der Waals surface area contributed by atoms with Gasteiger partial charge in [-0.2, -0.15) is 0 Å². The highest BCUT2D eigenvalue weighted by molar-refractivity contribution is 5.76. The number of halogens is 2. The van der Waals surface area contributed by atoms with Gasteiger partial charge in [0.25, 0.3) is 0 Å². The largest absolute Gasteiger partial charge is 0.480 e. The molecule has 0 radical (unpaired) electrons. The van der Waals surface area contributed by atoms with Gasteiger partial charge in [-0.15, -0.1) is 0 Å². The second-order valence-electron chi connectivity index (χ2n) is 10.4. The molecule has 188 valence electrons. The van der Waals surface area contributed by atoms with Crippen LogP contribution in [-0.2, 0) is 17.6 Å². The fourth-order valence-corrected chi connectivity index (χ4v) is 5.67. The minimum atomic E-state index is -2.76. The molecule has 6 nitrogen and oxygen atoms in total. The molecule has 0 spiro atoms. The molecule has 4 heterocycles. The third-order valence-corrected chi connectivity index (χ3v) is 7.56. The van der Waals surface area contributed by atoms with E-state index in [9.17, 15) is 18.7 Å². The summed E-state index contributed by atoms with van der Waals surface area (Å²) in [5.74, 6) is -2.67. The van der Waals surface area contributed by atoms with E-state index in [-0.39, 0.29) is 18.8 Å². The summed E-state index contributed by atoms with van der Waals surface area (Å²) in [5, 5.41) is 13.3. The van der Waals surface area contributed by atoms with Crippen molar-refractivity contribution in [3.05, 3.63) is 53.0 Å². The Balaban J connectivity index is 1.15. The molecule has 0 aromatic carbocycles. The molecule has 2 aromatic heterocycles. The fourth-order valence-electron chi connectivity index (χ4n) is 5.67. The predicted molar refractivity (Wildman–Crippen MR) is 130 cm³/mol. The van der Waals surface area contributed by atoms with Crippen LogP contribution in [0.15, 0.2) is 30.5 Å². The number of nitrogens with zero attached hydrogens (tertiary/aromatic N) is 3. The third-order valence-electron chi connectivity index (χ3n) is 7.56. The van der Waals surface area contributed by atoms with Crippen LogP contribution in [0.1, 0.15) is 79.4 Å². The maximum absolute atomic E-state index is 14.9. The zero-order valence-corrected chi connectivity index (χ0v) is 20.1. The van der Waals surface area contributed by atoms with E-state index in [1.165, 1.54) is 5.56 Å². The van der Waals surface area contributed by atoms with Crippen molar-refractivity contribution in [1.29, 1.82) is 0 Å². The molecule has 2 N–H and O–H groups in total. The number of alkyl halides is 2. The highest BCUT2D eigenvalue weighted by Crippen LogP contribution is 2.43. The Morgan fingerprint density at radius 3 is 2.91 bits per heavy atom. The van der Waals surface area contributed by atoms with Crippen LogP contribution in [0, 0.1) is 5.92 Å². The molecule has 0 bridgehead atoms. The van der Waals surface area contributed by atoms with Crippen molar-refractivity contribution in [1.82, 2.24) is 14.9 Å². The van der Waals surface area contributed by atoms with Crippen LogP contribution >= 0.6 is 0 Å². The monoisotopic (exact) mass is 484 g/mol. The number of carbonyl (C=O) groups is 1. The van der Waals surface area contributed by atoms with Gasteiger partial charge in [-0.1, -0.05) is 12.1 Å². The molecule has 35 heavy (non-hydrogen) atoms. The van der Waals surface area contributed by atoms with E-state index in [0.29, 0.717) is 38.3 Å². The zero-order valence-electron chi connectivity index (χ0n) is 20.1.